The standard InChI is InChI=1S/C54H38F3N3/c1-32-17-21-39(34(3)25-32)36-19-23-50-44(27-36)42-12-6-9-15-48(42)59(50)52-30-46(41-11-5-8-14-47(41)54(55,56)57)53(29-38(52)31-58)60-49-16-10-7-13-43(49)45-28-37(20-24-51(45)60)40-22-18-33(2)26-35(40)4/h5-30H,1-4H3. The number of halogens is 3. The first-order valence-electron chi connectivity index (χ1n) is 20.0. The second kappa shape index (κ2) is 13.9. The lowest BCUT2D eigenvalue weighted by Gasteiger charge is -2.21. The van der Waals surface area contributed by atoms with E-state index in [-0.39, 0.29) is 5.56 Å². The van der Waals surface area contributed by atoms with Crippen LogP contribution in [0.5, 0.6) is 0 Å². The van der Waals surface area contributed by atoms with Gasteiger partial charge in [0, 0.05) is 27.1 Å². The van der Waals surface area contributed by atoms with E-state index in [2.05, 4.69) is 107 Å². The molecule has 0 aliphatic carbocycles. The number of hydrogen-bond donors (Lipinski definition) is 0. The van der Waals surface area contributed by atoms with Gasteiger partial charge in [-0.2, -0.15) is 18.4 Å². The molecule has 290 valence electrons. The van der Waals surface area contributed by atoms with Crippen LogP contribution in [0.1, 0.15) is 33.4 Å². The Bertz CT molecular complexity index is 3430. The van der Waals surface area contributed by atoms with Crippen molar-refractivity contribution in [2.24, 2.45) is 0 Å². The van der Waals surface area contributed by atoms with E-state index in [1.165, 1.54) is 28.8 Å². The highest BCUT2D eigenvalue weighted by molar-refractivity contribution is 6.12. The normalized spacial score (nSPS) is 11.9. The number of aromatic nitrogens is 2. The SMILES string of the molecule is Cc1ccc(-c2ccc3c(c2)c2ccccc2n3-c2cc(-c3ccccc3C(F)(F)F)c(-n3c4ccccc4c4cc(-c5ccc(C)cc5C)ccc43)cc2C#N)c(C)c1. The van der Waals surface area contributed by atoms with E-state index in [9.17, 15) is 5.26 Å². The minimum absolute atomic E-state index is 0.0291. The number of hydrogen-bond acceptors (Lipinski definition) is 1. The highest BCUT2D eigenvalue weighted by Crippen LogP contribution is 2.45. The van der Waals surface area contributed by atoms with Crippen LogP contribution in [0.4, 0.5) is 13.2 Å². The number of para-hydroxylation sites is 2. The zero-order valence-electron chi connectivity index (χ0n) is 33.5. The Kier molecular flexibility index (Phi) is 8.55. The molecule has 8 aromatic carbocycles. The lowest BCUT2D eigenvalue weighted by Crippen LogP contribution is -2.09. The maximum atomic E-state index is 15.1. The average molecular weight is 786 g/mol. The summed E-state index contributed by atoms with van der Waals surface area (Å²) in [5.41, 5.74) is 13.3. The molecule has 60 heavy (non-hydrogen) atoms. The largest absolute Gasteiger partial charge is 0.417 e. The predicted molar refractivity (Wildman–Crippen MR) is 240 cm³/mol. The van der Waals surface area contributed by atoms with Crippen molar-refractivity contribution < 1.29 is 13.2 Å². The lowest BCUT2D eigenvalue weighted by molar-refractivity contribution is -0.137. The van der Waals surface area contributed by atoms with E-state index in [0.29, 0.717) is 22.5 Å². The summed E-state index contributed by atoms with van der Waals surface area (Å²) < 4.78 is 49.3. The molecule has 0 aliphatic heterocycles. The first-order chi connectivity index (χ1) is 29.0. The van der Waals surface area contributed by atoms with Gasteiger partial charge in [0.2, 0.25) is 0 Å². The molecule has 0 saturated heterocycles. The van der Waals surface area contributed by atoms with Crippen LogP contribution in [0.25, 0.3) is 88.4 Å². The summed E-state index contributed by atoms with van der Waals surface area (Å²) in [5.74, 6) is 0. The molecular weight excluding hydrogens is 748 g/mol. The van der Waals surface area contributed by atoms with Crippen LogP contribution in [-0.4, -0.2) is 9.13 Å². The van der Waals surface area contributed by atoms with E-state index in [0.717, 1.165) is 77.5 Å². The maximum Gasteiger partial charge on any atom is 0.417 e. The van der Waals surface area contributed by atoms with Crippen LogP contribution in [0.15, 0.2) is 158 Å². The Hall–Kier alpha value is -7.36. The number of nitrogens with zero attached hydrogens (tertiary/aromatic N) is 3. The number of rotatable bonds is 5. The van der Waals surface area contributed by atoms with Gasteiger partial charge in [-0.15, -0.1) is 0 Å². The first-order valence-corrected chi connectivity index (χ1v) is 20.0. The summed E-state index contributed by atoms with van der Waals surface area (Å²) in [7, 11) is 0. The molecule has 6 heteroatoms. The van der Waals surface area contributed by atoms with Crippen molar-refractivity contribution in [3.8, 4) is 50.8 Å². The molecule has 0 saturated carbocycles. The van der Waals surface area contributed by atoms with E-state index in [4.69, 9.17) is 0 Å². The van der Waals surface area contributed by atoms with Crippen molar-refractivity contribution in [1.29, 1.82) is 5.26 Å². The topological polar surface area (TPSA) is 33.6 Å². The third-order valence-corrected chi connectivity index (χ3v) is 12.0. The fourth-order valence-corrected chi connectivity index (χ4v) is 9.29. The highest BCUT2D eigenvalue weighted by atomic mass is 19.4. The Morgan fingerprint density at radius 3 is 1.43 bits per heavy atom. The molecule has 0 unspecified atom stereocenters. The smallest absolute Gasteiger partial charge is 0.309 e. The monoisotopic (exact) mass is 785 g/mol. The average Bonchev–Trinajstić information content (AvgIpc) is 3.75. The molecular formula is C54H38F3N3. The summed E-state index contributed by atoms with van der Waals surface area (Å²) in [6.07, 6.45) is -4.64. The molecule has 0 bridgehead atoms. The van der Waals surface area contributed by atoms with Gasteiger partial charge in [-0.1, -0.05) is 114 Å². The molecule has 10 aromatic rings. The fourth-order valence-electron chi connectivity index (χ4n) is 9.29. The van der Waals surface area contributed by atoms with Crippen LogP contribution in [0, 0.1) is 39.0 Å². The van der Waals surface area contributed by atoms with Crippen LogP contribution in [0.2, 0.25) is 0 Å². The van der Waals surface area contributed by atoms with E-state index in [1.807, 2.05) is 57.7 Å². The van der Waals surface area contributed by atoms with E-state index >= 15 is 13.2 Å². The minimum atomic E-state index is -4.64. The number of benzene rings is 8. The second-order valence-corrected chi connectivity index (χ2v) is 15.8. The number of fused-ring (bicyclic) bond motifs is 6. The summed E-state index contributed by atoms with van der Waals surface area (Å²) >= 11 is 0. The maximum absolute atomic E-state index is 15.1. The summed E-state index contributed by atoms with van der Waals surface area (Å²) in [4.78, 5) is 0. The molecule has 10 rings (SSSR count). The summed E-state index contributed by atoms with van der Waals surface area (Å²) in [6.45, 7) is 8.37. The van der Waals surface area contributed by atoms with Gasteiger partial charge in [0.1, 0.15) is 6.07 Å². The minimum Gasteiger partial charge on any atom is -0.309 e. The van der Waals surface area contributed by atoms with E-state index < -0.39 is 11.7 Å². The molecule has 0 aliphatic rings. The van der Waals surface area contributed by atoms with Crippen molar-refractivity contribution >= 4 is 43.6 Å². The van der Waals surface area contributed by atoms with Crippen molar-refractivity contribution in [2.75, 3.05) is 0 Å². The molecule has 2 aromatic heterocycles. The predicted octanol–water partition coefficient (Wildman–Crippen LogP) is 15.0. The lowest BCUT2D eigenvalue weighted by atomic mass is 9.95. The molecule has 0 fully saturated rings. The molecule has 0 radical (unpaired) electrons. The Balaban J connectivity index is 1.29. The molecule has 0 spiro atoms. The van der Waals surface area contributed by atoms with Crippen molar-refractivity contribution in [1.82, 2.24) is 9.13 Å². The van der Waals surface area contributed by atoms with Crippen LogP contribution in [-0.2, 0) is 6.18 Å². The van der Waals surface area contributed by atoms with Gasteiger partial charge in [0.25, 0.3) is 0 Å². The van der Waals surface area contributed by atoms with Crippen LogP contribution >= 0.6 is 0 Å². The second-order valence-electron chi connectivity index (χ2n) is 15.8. The molecule has 0 atom stereocenters. The first kappa shape index (κ1) is 36.9. The number of aryl methyl sites for hydroxylation is 4. The fraction of sp³-hybridized carbons (Fsp3) is 0.0926. The van der Waals surface area contributed by atoms with Gasteiger partial charge in [-0.05, 0) is 121 Å². The van der Waals surface area contributed by atoms with Crippen molar-refractivity contribution in [3.63, 3.8) is 0 Å². The molecule has 0 N–H and O–H groups in total. The molecule has 2 heterocycles. The Morgan fingerprint density at radius 1 is 0.433 bits per heavy atom. The Morgan fingerprint density at radius 2 is 0.917 bits per heavy atom. The number of alkyl halides is 3. The highest BCUT2D eigenvalue weighted by Gasteiger charge is 2.35. The van der Waals surface area contributed by atoms with Crippen LogP contribution in [0.3, 0.4) is 0 Å². The van der Waals surface area contributed by atoms with Crippen LogP contribution < -0.4 is 0 Å². The molecule has 3 nitrogen and oxygen atoms in total. The zero-order chi connectivity index (χ0) is 41.4. The van der Waals surface area contributed by atoms with Gasteiger partial charge in [-0.3, -0.25) is 0 Å². The Labute approximate surface area is 345 Å². The number of nitriles is 1. The molecule has 0 amide bonds. The summed E-state index contributed by atoms with van der Waals surface area (Å²) in [5, 5.41) is 14.9. The zero-order valence-corrected chi connectivity index (χ0v) is 33.5. The van der Waals surface area contributed by atoms with Gasteiger partial charge in [0.15, 0.2) is 0 Å². The van der Waals surface area contributed by atoms with Gasteiger partial charge in [-0.25, -0.2) is 0 Å². The van der Waals surface area contributed by atoms with Crippen molar-refractivity contribution in [2.45, 2.75) is 33.9 Å². The summed E-state index contributed by atoms with van der Waals surface area (Å²) in [6, 6.07) is 53.1. The third kappa shape index (κ3) is 5.88. The third-order valence-electron chi connectivity index (χ3n) is 12.0. The van der Waals surface area contributed by atoms with E-state index in [1.54, 1.807) is 18.2 Å². The van der Waals surface area contributed by atoms with Gasteiger partial charge in [0.05, 0.1) is 44.6 Å². The van der Waals surface area contributed by atoms with Gasteiger partial charge < -0.3 is 9.13 Å². The van der Waals surface area contributed by atoms with Gasteiger partial charge >= 0.3 is 6.18 Å². The quantitative estimate of drug-likeness (QED) is 0.171. The van der Waals surface area contributed by atoms with Crippen molar-refractivity contribution in [3.05, 3.63) is 191 Å².